The summed E-state index contributed by atoms with van der Waals surface area (Å²) in [6, 6.07) is 2.06. The molecule has 1 nitrogen and oxygen atoms in total. The standard InChI is InChI=1S/C12H5F6N/c13-7-4-10(15)11(19-5-7)8-2-1-6(3-9(8)14)12(16,17)18/h1-5H. The summed E-state index contributed by atoms with van der Waals surface area (Å²) in [5, 5.41) is 0. The fraction of sp³-hybridized carbons (Fsp3) is 0.0833. The molecule has 0 spiro atoms. The Bertz CT molecular complexity index is 620. The normalized spacial score (nSPS) is 11.7. The average molecular weight is 277 g/mol. The average Bonchev–Trinajstić information content (AvgIpc) is 2.28. The predicted octanol–water partition coefficient (Wildman–Crippen LogP) is 4.18. The van der Waals surface area contributed by atoms with Gasteiger partial charge in [0.2, 0.25) is 0 Å². The molecule has 0 N–H and O–H groups in total. The van der Waals surface area contributed by atoms with Crippen LogP contribution in [0.4, 0.5) is 26.3 Å². The van der Waals surface area contributed by atoms with E-state index in [1.54, 1.807) is 0 Å². The molecule has 7 heteroatoms. The van der Waals surface area contributed by atoms with Crippen LogP contribution in [0.25, 0.3) is 11.3 Å². The Morgan fingerprint density at radius 1 is 0.895 bits per heavy atom. The van der Waals surface area contributed by atoms with Gasteiger partial charge < -0.3 is 0 Å². The minimum absolute atomic E-state index is 0.236. The number of benzene rings is 1. The topological polar surface area (TPSA) is 12.9 Å². The van der Waals surface area contributed by atoms with Crippen LogP contribution in [0.1, 0.15) is 5.56 Å². The first kappa shape index (κ1) is 13.4. The zero-order chi connectivity index (χ0) is 14.2. The van der Waals surface area contributed by atoms with Gasteiger partial charge >= 0.3 is 6.18 Å². The number of alkyl halides is 3. The molecule has 0 atom stereocenters. The van der Waals surface area contributed by atoms with Gasteiger partial charge in [-0.2, -0.15) is 13.2 Å². The van der Waals surface area contributed by atoms with E-state index in [1.807, 2.05) is 0 Å². The molecule has 0 aliphatic heterocycles. The zero-order valence-corrected chi connectivity index (χ0v) is 9.10. The van der Waals surface area contributed by atoms with Gasteiger partial charge in [0.05, 0.1) is 11.8 Å². The van der Waals surface area contributed by atoms with E-state index >= 15 is 0 Å². The largest absolute Gasteiger partial charge is 0.416 e. The smallest absolute Gasteiger partial charge is 0.250 e. The van der Waals surface area contributed by atoms with Crippen LogP contribution >= 0.6 is 0 Å². The first-order chi connectivity index (χ1) is 8.79. The minimum Gasteiger partial charge on any atom is -0.250 e. The van der Waals surface area contributed by atoms with Crippen LogP contribution in [0.15, 0.2) is 30.5 Å². The summed E-state index contributed by atoms with van der Waals surface area (Å²) in [5.74, 6) is -3.40. The molecular formula is C12H5F6N. The maximum absolute atomic E-state index is 13.5. The lowest BCUT2D eigenvalue weighted by Crippen LogP contribution is -2.06. The van der Waals surface area contributed by atoms with Crippen molar-refractivity contribution in [3.05, 3.63) is 53.5 Å². The number of hydrogen-bond acceptors (Lipinski definition) is 1. The number of nitrogens with zero attached hydrogens (tertiary/aromatic N) is 1. The first-order valence-corrected chi connectivity index (χ1v) is 4.97. The molecule has 0 fully saturated rings. The lowest BCUT2D eigenvalue weighted by atomic mass is 10.1. The van der Waals surface area contributed by atoms with Crippen LogP contribution < -0.4 is 0 Å². The van der Waals surface area contributed by atoms with Crippen molar-refractivity contribution in [2.24, 2.45) is 0 Å². The second-order valence-corrected chi connectivity index (χ2v) is 3.68. The molecule has 19 heavy (non-hydrogen) atoms. The Morgan fingerprint density at radius 2 is 1.58 bits per heavy atom. The van der Waals surface area contributed by atoms with Crippen molar-refractivity contribution in [2.45, 2.75) is 6.18 Å². The highest BCUT2D eigenvalue weighted by Crippen LogP contribution is 2.32. The highest BCUT2D eigenvalue weighted by molar-refractivity contribution is 5.61. The molecule has 0 amide bonds. The highest BCUT2D eigenvalue weighted by Gasteiger charge is 2.31. The summed E-state index contributed by atoms with van der Waals surface area (Å²) in [4.78, 5) is 3.33. The van der Waals surface area contributed by atoms with Crippen LogP contribution in [0.5, 0.6) is 0 Å². The molecule has 2 rings (SSSR count). The van der Waals surface area contributed by atoms with Gasteiger partial charge in [-0.1, -0.05) is 0 Å². The van der Waals surface area contributed by atoms with Crippen molar-refractivity contribution in [1.29, 1.82) is 0 Å². The van der Waals surface area contributed by atoms with E-state index in [4.69, 9.17) is 0 Å². The fourth-order valence-electron chi connectivity index (χ4n) is 1.50. The number of aromatic nitrogens is 1. The van der Waals surface area contributed by atoms with Gasteiger partial charge in [-0.25, -0.2) is 13.2 Å². The molecule has 0 unspecified atom stereocenters. The lowest BCUT2D eigenvalue weighted by Gasteiger charge is -2.09. The monoisotopic (exact) mass is 277 g/mol. The van der Waals surface area contributed by atoms with Gasteiger partial charge in [0.1, 0.15) is 17.3 Å². The van der Waals surface area contributed by atoms with Crippen LogP contribution in [-0.4, -0.2) is 4.98 Å². The summed E-state index contributed by atoms with van der Waals surface area (Å²) >= 11 is 0. The Morgan fingerprint density at radius 3 is 2.11 bits per heavy atom. The van der Waals surface area contributed by atoms with E-state index in [0.29, 0.717) is 18.3 Å². The Labute approximate surface area is 103 Å². The maximum Gasteiger partial charge on any atom is 0.416 e. The van der Waals surface area contributed by atoms with Crippen LogP contribution in [0, 0.1) is 17.5 Å². The highest BCUT2D eigenvalue weighted by atomic mass is 19.4. The summed E-state index contributed by atoms with van der Waals surface area (Å²) in [6.45, 7) is 0. The third-order valence-corrected chi connectivity index (χ3v) is 2.36. The predicted molar refractivity (Wildman–Crippen MR) is 54.5 cm³/mol. The summed E-state index contributed by atoms with van der Waals surface area (Å²) < 4.78 is 76.5. The summed E-state index contributed by atoms with van der Waals surface area (Å²) in [5.41, 5.74) is -2.21. The maximum atomic E-state index is 13.5. The molecule has 0 aliphatic carbocycles. The molecule has 100 valence electrons. The van der Waals surface area contributed by atoms with Gasteiger partial charge in [-0.05, 0) is 18.2 Å². The molecule has 0 bridgehead atoms. The number of hydrogen-bond donors (Lipinski definition) is 0. The molecular weight excluding hydrogens is 272 g/mol. The number of halogens is 6. The first-order valence-electron chi connectivity index (χ1n) is 4.97. The molecule has 1 aromatic heterocycles. The van der Waals surface area contributed by atoms with Crippen molar-refractivity contribution in [2.75, 3.05) is 0 Å². The summed E-state index contributed by atoms with van der Waals surface area (Å²) in [6.07, 6.45) is -4.05. The van der Waals surface area contributed by atoms with E-state index in [9.17, 15) is 26.3 Å². The molecule has 0 radical (unpaired) electrons. The third-order valence-electron chi connectivity index (χ3n) is 2.36. The molecule has 0 saturated heterocycles. The second-order valence-electron chi connectivity index (χ2n) is 3.68. The lowest BCUT2D eigenvalue weighted by molar-refractivity contribution is -0.137. The van der Waals surface area contributed by atoms with E-state index in [0.717, 1.165) is 6.07 Å². The van der Waals surface area contributed by atoms with Gasteiger partial charge in [-0.15, -0.1) is 0 Å². The molecule has 2 aromatic rings. The molecule has 1 heterocycles. The Balaban J connectivity index is 2.52. The number of rotatable bonds is 1. The van der Waals surface area contributed by atoms with Crippen LogP contribution in [-0.2, 0) is 6.18 Å². The minimum atomic E-state index is -4.70. The van der Waals surface area contributed by atoms with E-state index < -0.39 is 40.4 Å². The fourth-order valence-corrected chi connectivity index (χ4v) is 1.50. The number of pyridine rings is 1. The SMILES string of the molecule is Fc1cnc(-c2ccc(C(F)(F)F)cc2F)c(F)c1. The van der Waals surface area contributed by atoms with Crippen LogP contribution in [0.3, 0.4) is 0 Å². The summed E-state index contributed by atoms with van der Waals surface area (Å²) in [7, 11) is 0. The van der Waals surface area contributed by atoms with Gasteiger partial charge in [0, 0.05) is 11.6 Å². The van der Waals surface area contributed by atoms with E-state index in [2.05, 4.69) is 4.98 Å². The van der Waals surface area contributed by atoms with Crippen molar-refractivity contribution < 1.29 is 26.3 Å². The quantitative estimate of drug-likeness (QED) is 0.712. The van der Waals surface area contributed by atoms with E-state index in [1.165, 1.54) is 0 Å². The van der Waals surface area contributed by atoms with Crippen molar-refractivity contribution >= 4 is 0 Å². The molecule has 1 aromatic carbocycles. The Hall–Kier alpha value is -2.05. The Kier molecular flexibility index (Phi) is 3.21. The molecule has 0 saturated carbocycles. The van der Waals surface area contributed by atoms with E-state index in [-0.39, 0.29) is 6.07 Å². The molecule has 0 aliphatic rings. The van der Waals surface area contributed by atoms with Crippen LogP contribution in [0.2, 0.25) is 0 Å². The van der Waals surface area contributed by atoms with Gasteiger partial charge in [0.25, 0.3) is 0 Å². The second kappa shape index (κ2) is 4.56. The van der Waals surface area contributed by atoms with Gasteiger partial charge in [0.15, 0.2) is 5.82 Å². The third kappa shape index (κ3) is 2.69. The van der Waals surface area contributed by atoms with Crippen molar-refractivity contribution in [3.63, 3.8) is 0 Å². The zero-order valence-electron chi connectivity index (χ0n) is 9.10. The van der Waals surface area contributed by atoms with Gasteiger partial charge in [-0.3, -0.25) is 4.98 Å². The van der Waals surface area contributed by atoms with Crippen molar-refractivity contribution in [1.82, 2.24) is 4.98 Å². The van der Waals surface area contributed by atoms with Crippen molar-refractivity contribution in [3.8, 4) is 11.3 Å².